The number of para-hydroxylation sites is 1. The monoisotopic (exact) mass is 243 g/mol. The normalized spacial score (nSPS) is 12.9. The number of aryl methyl sites for hydroxylation is 1. The highest BCUT2D eigenvalue weighted by Crippen LogP contribution is 2.22. The van der Waals surface area contributed by atoms with Crippen LogP contribution in [0.2, 0.25) is 0 Å². The molecule has 0 amide bonds. The van der Waals surface area contributed by atoms with Crippen molar-refractivity contribution in [2.45, 2.75) is 33.4 Å². The molecular weight excluding hydrogens is 222 g/mol. The van der Waals surface area contributed by atoms with Crippen molar-refractivity contribution in [3.8, 4) is 0 Å². The standard InChI is InChI=1S/C15H21N3/c1-10(8-16)17-9-14-11(2)12(3)18-15-7-5-4-6-13(14)15/h4-7,10,17H,8-9,16H2,1-3H3/t10-/m1/s1. The number of aromatic nitrogens is 1. The third-order valence-corrected chi connectivity index (χ3v) is 3.49. The van der Waals surface area contributed by atoms with Crippen LogP contribution in [0.1, 0.15) is 23.7 Å². The second kappa shape index (κ2) is 5.46. The maximum Gasteiger partial charge on any atom is 0.0708 e. The number of hydrogen-bond acceptors (Lipinski definition) is 3. The molecule has 3 N–H and O–H groups in total. The number of pyridine rings is 1. The zero-order valence-corrected chi connectivity index (χ0v) is 11.3. The first-order chi connectivity index (χ1) is 8.63. The van der Waals surface area contributed by atoms with Crippen LogP contribution >= 0.6 is 0 Å². The van der Waals surface area contributed by atoms with Gasteiger partial charge in [-0.25, -0.2) is 0 Å². The lowest BCUT2D eigenvalue weighted by Crippen LogP contribution is -2.32. The molecule has 3 heteroatoms. The maximum absolute atomic E-state index is 5.64. The first-order valence-corrected chi connectivity index (χ1v) is 6.41. The van der Waals surface area contributed by atoms with E-state index in [9.17, 15) is 0 Å². The minimum absolute atomic E-state index is 0.330. The highest BCUT2D eigenvalue weighted by Gasteiger charge is 2.09. The fourth-order valence-corrected chi connectivity index (χ4v) is 2.10. The van der Waals surface area contributed by atoms with Crippen LogP contribution in [0.25, 0.3) is 10.9 Å². The molecule has 1 heterocycles. The number of benzene rings is 1. The molecule has 0 radical (unpaired) electrons. The molecule has 1 atom stereocenters. The smallest absolute Gasteiger partial charge is 0.0708 e. The molecule has 0 spiro atoms. The number of rotatable bonds is 4. The van der Waals surface area contributed by atoms with Gasteiger partial charge in [-0.1, -0.05) is 18.2 Å². The number of fused-ring (bicyclic) bond motifs is 1. The minimum atomic E-state index is 0.330. The fourth-order valence-electron chi connectivity index (χ4n) is 2.10. The number of hydrogen-bond donors (Lipinski definition) is 2. The summed E-state index contributed by atoms with van der Waals surface area (Å²) in [5.41, 5.74) is 10.4. The van der Waals surface area contributed by atoms with Crippen molar-refractivity contribution in [2.24, 2.45) is 5.73 Å². The summed E-state index contributed by atoms with van der Waals surface area (Å²) in [6.07, 6.45) is 0. The van der Waals surface area contributed by atoms with E-state index in [0.717, 1.165) is 17.8 Å². The molecule has 0 aliphatic rings. The molecule has 0 saturated carbocycles. The molecule has 0 saturated heterocycles. The Bertz CT molecular complexity index is 549. The summed E-state index contributed by atoms with van der Waals surface area (Å²) >= 11 is 0. The molecule has 0 bridgehead atoms. The summed E-state index contributed by atoms with van der Waals surface area (Å²) in [4.78, 5) is 4.63. The average molecular weight is 243 g/mol. The van der Waals surface area contributed by atoms with Gasteiger partial charge in [0.1, 0.15) is 0 Å². The predicted octanol–water partition coefficient (Wildman–Crippen LogP) is 2.29. The topological polar surface area (TPSA) is 50.9 Å². The molecule has 2 rings (SSSR count). The van der Waals surface area contributed by atoms with E-state index in [1.807, 2.05) is 6.07 Å². The third-order valence-electron chi connectivity index (χ3n) is 3.49. The molecule has 3 nitrogen and oxygen atoms in total. The van der Waals surface area contributed by atoms with E-state index in [4.69, 9.17) is 5.73 Å². The van der Waals surface area contributed by atoms with Crippen molar-refractivity contribution in [1.29, 1.82) is 0 Å². The quantitative estimate of drug-likeness (QED) is 0.866. The second-order valence-electron chi connectivity index (χ2n) is 4.84. The zero-order valence-electron chi connectivity index (χ0n) is 11.3. The van der Waals surface area contributed by atoms with E-state index in [1.165, 1.54) is 16.5 Å². The summed E-state index contributed by atoms with van der Waals surface area (Å²) in [5.74, 6) is 0. The Morgan fingerprint density at radius 2 is 2.00 bits per heavy atom. The summed E-state index contributed by atoms with van der Waals surface area (Å²) < 4.78 is 0. The largest absolute Gasteiger partial charge is 0.329 e. The maximum atomic E-state index is 5.64. The molecule has 0 aliphatic carbocycles. The van der Waals surface area contributed by atoms with Gasteiger partial charge in [0.15, 0.2) is 0 Å². The van der Waals surface area contributed by atoms with Gasteiger partial charge in [-0.3, -0.25) is 4.98 Å². The van der Waals surface area contributed by atoms with Crippen molar-refractivity contribution in [3.63, 3.8) is 0 Å². The van der Waals surface area contributed by atoms with E-state index >= 15 is 0 Å². The Hall–Kier alpha value is -1.45. The van der Waals surface area contributed by atoms with Gasteiger partial charge in [-0.05, 0) is 38.0 Å². The lowest BCUT2D eigenvalue weighted by Gasteiger charge is -2.16. The summed E-state index contributed by atoms with van der Waals surface area (Å²) in [6.45, 7) is 7.80. The Balaban J connectivity index is 2.43. The van der Waals surface area contributed by atoms with Crippen molar-refractivity contribution < 1.29 is 0 Å². The van der Waals surface area contributed by atoms with Crippen molar-refractivity contribution in [3.05, 3.63) is 41.1 Å². The second-order valence-corrected chi connectivity index (χ2v) is 4.84. The Labute approximate surface area is 108 Å². The van der Waals surface area contributed by atoms with Gasteiger partial charge in [0.25, 0.3) is 0 Å². The van der Waals surface area contributed by atoms with Crippen molar-refractivity contribution >= 4 is 10.9 Å². The van der Waals surface area contributed by atoms with E-state index in [0.29, 0.717) is 12.6 Å². The van der Waals surface area contributed by atoms with Gasteiger partial charge in [-0.2, -0.15) is 0 Å². The summed E-state index contributed by atoms with van der Waals surface area (Å²) in [7, 11) is 0. The van der Waals surface area contributed by atoms with Crippen LogP contribution < -0.4 is 11.1 Å². The van der Waals surface area contributed by atoms with Crippen molar-refractivity contribution in [1.82, 2.24) is 10.3 Å². The molecule has 1 aromatic heterocycles. The van der Waals surface area contributed by atoms with Crippen LogP contribution in [0.15, 0.2) is 24.3 Å². The number of nitrogens with two attached hydrogens (primary N) is 1. The van der Waals surface area contributed by atoms with Gasteiger partial charge in [0.2, 0.25) is 0 Å². The lowest BCUT2D eigenvalue weighted by atomic mass is 10.0. The minimum Gasteiger partial charge on any atom is -0.329 e. The fraction of sp³-hybridized carbons (Fsp3) is 0.400. The number of nitrogens with one attached hydrogen (secondary N) is 1. The molecule has 2 aromatic rings. The Morgan fingerprint density at radius 3 is 2.72 bits per heavy atom. The van der Waals surface area contributed by atoms with E-state index in [2.05, 4.69) is 49.3 Å². The van der Waals surface area contributed by atoms with Gasteiger partial charge in [0.05, 0.1) is 5.52 Å². The van der Waals surface area contributed by atoms with Crippen LogP contribution in [-0.2, 0) is 6.54 Å². The number of nitrogens with zero attached hydrogens (tertiary/aromatic N) is 1. The molecule has 0 unspecified atom stereocenters. The Kier molecular flexibility index (Phi) is 3.94. The molecule has 0 fully saturated rings. The van der Waals surface area contributed by atoms with E-state index in [-0.39, 0.29) is 0 Å². The van der Waals surface area contributed by atoms with Gasteiger partial charge in [0, 0.05) is 30.2 Å². The average Bonchev–Trinajstić information content (AvgIpc) is 2.39. The van der Waals surface area contributed by atoms with Gasteiger partial charge >= 0.3 is 0 Å². The van der Waals surface area contributed by atoms with Crippen LogP contribution in [0.3, 0.4) is 0 Å². The van der Waals surface area contributed by atoms with Crippen LogP contribution in [0.4, 0.5) is 0 Å². The molecular formula is C15H21N3. The third kappa shape index (κ3) is 2.52. The Morgan fingerprint density at radius 1 is 1.28 bits per heavy atom. The zero-order chi connectivity index (χ0) is 13.1. The molecule has 18 heavy (non-hydrogen) atoms. The first kappa shape index (κ1) is 13.0. The summed E-state index contributed by atoms with van der Waals surface area (Å²) in [5, 5.41) is 4.69. The van der Waals surface area contributed by atoms with Crippen LogP contribution in [0.5, 0.6) is 0 Å². The predicted molar refractivity (Wildman–Crippen MR) is 76.6 cm³/mol. The van der Waals surface area contributed by atoms with Gasteiger partial charge in [-0.15, -0.1) is 0 Å². The summed E-state index contributed by atoms with van der Waals surface area (Å²) in [6, 6.07) is 8.63. The first-order valence-electron chi connectivity index (χ1n) is 6.41. The molecule has 0 aliphatic heterocycles. The SMILES string of the molecule is Cc1nc2ccccc2c(CN[C@H](C)CN)c1C. The van der Waals surface area contributed by atoms with E-state index < -0.39 is 0 Å². The van der Waals surface area contributed by atoms with Crippen LogP contribution in [-0.4, -0.2) is 17.6 Å². The van der Waals surface area contributed by atoms with Crippen molar-refractivity contribution in [2.75, 3.05) is 6.54 Å². The molecule has 1 aromatic carbocycles. The lowest BCUT2D eigenvalue weighted by molar-refractivity contribution is 0.556. The highest BCUT2D eigenvalue weighted by atomic mass is 14.9. The van der Waals surface area contributed by atoms with E-state index in [1.54, 1.807) is 0 Å². The van der Waals surface area contributed by atoms with Crippen LogP contribution in [0, 0.1) is 13.8 Å². The van der Waals surface area contributed by atoms with Gasteiger partial charge < -0.3 is 11.1 Å². The highest BCUT2D eigenvalue weighted by molar-refractivity contribution is 5.83. The molecule has 96 valence electrons.